The summed E-state index contributed by atoms with van der Waals surface area (Å²) in [7, 11) is -3.32. The molecule has 1 fully saturated rings. The van der Waals surface area contributed by atoms with E-state index in [1.165, 1.54) is 25.0 Å². The Bertz CT molecular complexity index is 1220. The Hall–Kier alpha value is -2.33. The number of nitrogens with one attached hydrogen (secondary N) is 1. The molecular weight excluding hydrogens is 514 g/mol. The number of nitrogens with zero attached hydrogens (tertiary/aromatic N) is 2. The van der Waals surface area contributed by atoms with Gasteiger partial charge in [-0.05, 0) is 73.8 Å². The van der Waals surface area contributed by atoms with E-state index in [4.69, 9.17) is 9.72 Å². The molecule has 0 radical (unpaired) electrons. The zero-order valence-electron chi connectivity index (χ0n) is 23.6. The van der Waals surface area contributed by atoms with Crippen LogP contribution in [0.15, 0.2) is 41.4 Å². The van der Waals surface area contributed by atoms with Crippen LogP contribution >= 0.6 is 0 Å². The summed E-state index contributed by atoms with van der Waals surface area (Å²) < 4.78 is 30.1. The highest BCUT2D eigenvalue weighted by molar-refractivity contribution is 7.91. The van der Waals surface area contributed by atoms with Crippen molar-refractivity contribution in [3.8, 4) is 0 Å². The fraction of sp³-hybridized carbons (Fsp3) is 0.600. The van der Waals surface area contributed by atoms with Crippen LogP contribution < -0.4 is 5.32 Å². The van der Waals surface area contributed by atoms with Gasteiger partial charge in [-0.1, -0.05) is 32.9 Å². The van der Waals surface area contributed by atoms with Crippen LogP contribution in [0.1, 0.15) is 92.6 Å². The lowest BCUT2D eigenvalue weighted by molar-refractivity contribution is 0.0174. The van der Waals surface area contributed by atoms with Gasteiger partial charge >= 0.3 is 0 Å². The molecule has 0 spiro atoms. The molecule has 1 aromatic carbocycles. The van der Waals surface area contributed by atoms with Gasteiger partial charge in [0.05, 0.1) is 46.7 Å². The molecule has 214 valence electrons. The second-order valence-electron chi connectivity index (χ2n) is 11.2. The molecule has 4 rings (SSSR count). The molecule has 2 atom stereocenters. The molecule has 1 aliphatic carbocycles. The normalized spacial score (nSPS) is 22.6. The maximum atomic E-state index is 13.2. The number of benzene rings is 1. The third-order valence-electron chi connectivity index (χ3n) is 8.14. The first-order chi connectivity index (χ1) is 18.7. The van der Waals surface area contributed by atoms with E-state index >= 15 is 0 Å². The molecule has 39 heavy (non-hydrogen) atoms. The highest BCUT2D eigenvalue weighted by atomic mass is 32.2. The van der Waals surface area contributed by atoms with Gasteiger partial charge in [-0.15, -0.1) is 0 Å². The topological polar surface area (TPSA) is 109 Å². The second kappa shape index (κ2) is 12.9. The first-order valence-corrected chi connectivity index (χ1v) is 15.9. The summed E-state index contributed by atoms with van der Waals surface area (Å²) in [6.07, 6.45) is 6.63. The molecule has 0 saturated heterocycles. The summed E-state index contributed by atoms with van der Waals surface area (Å²) in [5.41, 5.74) is 3.23. The molecule has 1 aromatic heterocycles. The molecular formula is C30H43N3O5S. The average Bonchev–Trinajstić information content (AvgIpc) is 3.30. The first-order valence-electron chi connectivity index (χ1n) is 14.3. The molecule has 2 aliphatic rings. The number of aromatic nitrogens is 1. The van der Waals surface area contributed by atoms with E-state index in [-0.39, 0.29) is 29.2 Å². The molecule has 1 aliphatic heterocycles. The lowest BCUT2D eigenvalue weighted by atomic mass is 9.86. The highest BCUT2D eigenvalue weighted by Gasteiger charge is 2.36. The number of aliphatic hydroxyl groups is 1. The molecule has 9 heteroatoms. The molecule has 2 aromatic rings. The van der Waals surface area contributed by atoms with Gasteiger partial charge in [0.2, 0.25) is 0 Å². The summed E-state index contributed by atoms with van der Waals surface area (Å²) in [4.78, 5) is 20.7. The number of rotatable bonds is 11. The lowest BCUT2D eigenvalue weighted by Gasteiger charge is -2.34. The monoisotopic (exact) mass is 557 g/mol. The number of hydrogen-bond donors (Lipinski definition) is 2. The number of hydrogen-bond acceptors (Lipinski definition) is 7. The summed E-state index contributed by atoms with van der Waals surface area (Å²) >= 11 is 0. The van der Waals surface area contributed by atoms with Gasteiger partial charge in [-0.2, -0.15) is 0 Å². The van der Waals surface area contributed by atoms with E-state index in [0.29, 0.717) is 29.1 Å². The molecule has 1 unspecified atom stereocenters. The third-order valence-corrected chi connectivity index (χ3v) is 9.89. The van der Waals surface area contributed by atoms with Gasteiger partial charge in [0.1, 0.15) is 0 Å². The predicted octanol–water partition coefficient (Wildman–Crippen LogP) is 4.45. The van der Waals surface area contributed by atoms with Crippen molar-refractivity contribution in [3.05, 3.63) is 58.9 Å². The van der Waals surface area contributed by atoms with Gasteiger partial charge in [0, 0.05) is 25.9 Å². The summed E-state index contributed by atoms with van der Waals surface area (Å²) in [5, 5.41) is 12.9. The number of pyridine rings is 1. The van der Waals surface area contributed by atoms with Gasteiger partial charge in [-0.3, -0.25) is 14.7 Å². The van der Waals surface area contributed by atoms with Crippen molar-refractivity contribution >= 4 is 15.7 Å². The second-order valence-corrected chi connectivity index (χ2v) is 13.4. The van der Waals surface area contributed by atoms with Crippen LogP contribution in [0.2, 0.25) is 0 Å². The molecule has 2 N–H and O–H groups in total. The highest BCUT2D eigenvalue weighted by Crippen LogP contribution is 2.39. The zero-order valence-corrected chi connectivity index (χ0v) is 24.4. The Morgan fingerprint density at radius 1 is 1.15 bits per heavy atom. The van der Waals surface area contributed by atoms with Gasteiger partial charge in [-0.25, -0.2) is 8.42 Å². The fourth-order valence-corrected chi connectivity index (χ4v) is 6.93. The minimum absolute atomic E-state index is 0.0158. The van der Waals surface area contributed by atoms with Gasteiger partial charge in [0.15, 0.2) is 9.84 Å². The van der Waals surface area contributed by atoms with E-state index in [1.54, 1.807) is 25.3 Å². The number of aliphatic hydroxyl groups excluding tert-OH is 1. The largest absolute Gasteiger partial charge is 0.394 e. The Labute approximate surface area is 233 Å². The summed E-state index contributed by atoms with van der Waals surface area (Å²) in [6, 6.07) is 7.81. The molecule has 1 saturated carbocycles. The quantitative estimate of drug-likeness (QED) is 0.420. The van der Waals surface area contributed by atoms with Crippen LogP contribution in [0.3, 0.4) is 0 Å². The number of fused-ring (bicyclic) bond motifs is 1. The lowest BCUT2D eigenvalue weighted by Crippen LogP contribution is -2.34. The van der Waals surface area contributed by atoms with E-state index in [1.807, 2.05) is 6.07 Å². The molecule has 0 bridgehead atoms. The smallest absolute Gasteiger partial charge is 0.253 e. The van der Waals surface area contributed by atoms with Crippen LogP contribution in [0.25, 0.3) is 0 Å². The van der Waals surface area contributed by atoms with E-state index in [2.05, 4.69) is 31.0 Å². The van der Waals surface area contributed by atoms with Crippen molar-refractivity contribution < 1.29 is 23.1 Å². The van der Waals surface area contributed by atoms with Crippen molar-refractivity contribution in [3.63, 3.8) is 0 Å². The van der Waals surface area contributed by atoms with Crippen LogP contribution in [-0.4, -0.2) is 60.9 Å². The van der Waals surface area contributed by atoms with Crippen molar-refractivity contribution in [1.82, 2.24) is 15.2 Å². The van der Waals surface area contributed by atoms with Crippen LogP contribution in [0, 0.1) is 11.8 Å². The number of ether oxygens (including phenoxy) is 1. The fourth-order valence-electron chi connectivity index (χ4n) is 6.04. The van der Waals surface area contributed by atoms with Crippen LogP contribution in [-0.2, 0) is 21.1 Å². The van der Waals surface area contributed by atoms with Crippen molar-refractivity contribution in [1.29, 1.82) is 0 Å². The molecule has 2 heterocycles. The van der Waals surface area contributed by atoms with Gasteiger partial charge < -0.3 is 15.2 Å². The van der Waals surface area contributed by atoms with Crippen LogP contribution in [0.4, 0.5) is 0 Å². The Morgan fingerprint density at radius 2 is 1.85 bits per heavy atom. The summed E-state index contributed by atoms with van der Waals surface area (Å²) in [6.45, 7) is 10.4. The number of sulfone groups is 1. The van der Waals surface area contributed by atoms with Gasteiger partial charge in [0.25, 0.3) is 5.91 Å². The number of amides is 1. The SMILES string of the molecule is CCO[C@H]1CC[C@H](CN2Cc3cc(C(=O)N[C@@H](CO)c4ccc(S(=O)(=O)CC)cc4)cnc3C2C(C)C)CC1. The zero-order chi connectivity index (χ0) is 28.2. The Kier molecular flexibility index (Phi) is 9.80. The average molecular weight is 558 g/mol. The van der Waals surface area contributed by atoms with E-state index in [9.17, 15) is 18.3 Å². The van der Waals surface area contributed by atoms with E-state index in [0.717, 1.165) is 43.8 Å². The Balaban J connectivity index is 1.44. The Morgan fingerprint density at radius 3 is 2.44 bits per heavy atom. The predicted molar refractivity (Wildman–Crippen MR) is 151 cm³/mol. The minimum Gasteiger partial charge on any atom is -0.394 e. The standard InChI is InChI=1S/C30H43N3O5S/c1-5-38-25-11-7-21(8-12-25)17-33-18-24-15-23(16-31-28(24)29(33)20(3)4)30(35)32-27(19-34)22-9-13-26(14-10-22)39(36,37)6-2/h9-10,13-16,20-21,25,27,29,34H,5-8,11-12,17-19H2,1-4H3,(H,32,35)/t21-,25-,27-,29?/m0/s1. The van der Waals surface area contributed by atoms with Crippen molar-refractivity contribution in [2.24, 2.45) is 11.8 Å². The van der Waals surface area contributed by atoms with Crippen LogP contribution in [0.5, 0.6) is 0 Å². The maximum absolute atomic E-state index is 13.2. The molecule has 8 nitrogen and oxygen atoms in total. The summed E-state index contributed by atoms with van der Waals surface area (Å²) in [5.74, 6) is 0.742. The minimum atomic E-state index is -3.32. The third kappa shape index (κ3) is 6.88. The first kappa shape index (κ1) is 29.6. The molecule has 1 amide bonds. The van der Waals surface area contributed by atoms with Crippen molar-refractivity contribution in [2.45, 2.75) is 83.0 Å². The number of carbonyl (C=O) groups excluding carboxylic acids is 1. The maximum Gasteiger partial charge on any atom is 0.253 e. The van der Waals surface area contributed by atoms with Crippen molar-refractivity contribution in [2.75, 3.05) is 25.5 Å². The number of carbonyl (C=O) groups is 1. The van der Waals surface area contributed by atoms with E-state index < -0.39 is 15.9 Å².